The number of rotatable bonds is 2. The normalized spacial score (nSPS) is 8.29. The molecule has 0 N–H and O–H groups in total. The van der Waals surface area contributed by atoms with Gasteiger partial charge in [-0.2, -0.15) is 0 Å². The Kier molecular flexibility index (Phi) is 3.74. The molecular formula is C3H5ClO3. The zero-order chi connectivity index (χ0) is 5.70. The Labute approximate surface area is 46.3 Å². The van der Waals surface area contributed by atoms with Crippen molar-refractivity contribution in [1.29, 1.82) is 0 Å². The number of carbonyl (C=O) groups excluding carboxylic acids is 1. The fourth-order valence-electron chi connectivity index (χ4n) is 0.0941. The van der Waals surface area contributed by atoms with Crippen molar-refractivity contribution in [3.8, 4) is 0 Å². The lowest BCUT2D eigenvalue weighted by Gasteiger charge is -1.88. The zero-order valence-corrected chi connectivity index (χ0v) is 4.57. The Morgan fingerprint density at radius 2 is 2.43 bits per heavy atom. The molecule has 0 rings (SSSR count). The van der Waals surface area contributed by atoms with E-state index in [1.165, 1.54) is 0 Å². The standard InChI is InChI=1S/C3H5ClO3/c1-2-3(5)6-7-4/h2H2,1H3. The molecular weight excluding hydrogens is 119 g/mol. The van der Waals surface area contributed by atoms with Crippen molar-refractivity contribution in [3.63, 3.8) is 0 Å². The quantitative estimate of drug-likeness (QED) is 0.407. The first-order valence-corrected chi connectivity index (χ1v) is 2.10. The summed E-state index contributed by atoms with van der Waals surface area (Å²) in [5, 5.41) is 0. The minimum absolute atomic E-state index is 0.271. The average molecular weight is 125 g/mol. The van der Waals surface area contributed by atoms with Gasteiger partial charge in [-0.15, -0.1) is 0 Å². The molecule has 0 aromatic carbocycles. The molecule has 7 heavy (non-hydrogen) atoms. The summed E-state index contributed by atoms with van der Waals surface area (Å²) in [5.41, 5.74) is 0. The van der Waals surface area contributed by atoms with Crippen molar-refractivity contribution in [2.45, 2.75) is 13.3 Å². The smallest absolute Gasteiger partial charge is 0.280 e. The van der Waals surface area contributed by atoms with Crippen LogP contribution >= 0.6 is 11.9 Å². The van der Waals surface area contributed by atoms with Crippen LogP contribution in [0.3, 0.4) is 0 Å². The molecule has 0 aliphatic rings. The van der Waals surface area contributed by atoms with Crippen LogP contribution in [-0.2, 0) is 14.1 Å². The summed E-state index contributed by atoms with van der Waals surface area (Å²) in [6.07, 6.45) is 0.271. The van der Waals surface area contributed by atoms with Gasteiger partial charge in [0, 0.05) is 6.42 Å². The SMILES string of the molecule is CCC(=O)OOCl. The lowest BCUT2D eigenvalue weighted by atomic mass is 10.5. The molecule has 3 nitrogen and oxygen atoms in total. The van der Waals surface area contributed by atoms with E-state index in [-0.39, 0.29) is 6.42 Å². The Morgan fingerprint density at radius 3 is 2.57 bits per heavy atom. The average Bonchev–Trinajstić information content (AvgIpc) is 1.68. The monoisotopic (exact) mass is 124 g/mol. The molecule has 0 atom stereocenters. The predicted molar refractivity (Wildman–Crippen MR) is 23.3 cm³/mol. The first-order chi connectivity index (χ1) is 3.31. The first-order valence-electron chi connectivity index (χ1n) is 1.79. The number of hydrogen-bond acceptors (Lipinski definition) is 3. The van der Waals surface area contributed by atoms with Gasteiger partial charge in [0.25, 0.3) is 0 Å². The fourth-order valence-corrected chi connectivity index (χ4v) is 0.164. The van der Waals surface area contributed by atoms with Crippen LogP contribution in [0, 0.1) is 0 Å². The van der Waals surface area contributed by atoms with Gasteiger partial charge in [-0.25, -0.2) is 4.79 Å². The van der Waals surface area contributed by atoms with Crippen molar-refractivity contribution >= 4 is 17.8 Å². The molecule has 0 spiro atoms. The van der Waals surface area contributed by atoms with E-state index in [1.54, 1.807) is 6.92 Å². The number of hydrogen-bond donors (Lipinski definition) is 0. The van der Waals surface area contributed by atoms with E-state index in [4.69, 9.17) is 0 Å². The Morgan fingerprint density at radius 1 is 1.86 bits per heavy atom. The summed E-state index contributed by atoms with van der Waals surface area (Å²) in [7, 11) is 0. The van der Waals surface area contributed by atoms with Gasteiger partial charge in [-0.3, -0.25) is 4.89 Å². The third-order valence-electron chi connectivity index (χ3n) is 0.413. The molecule has 0 unspecified atom stereocenters. The predicted octanol–water partition coefficient (Wildman–Crippen LogP) is 1.02. The Bertz CT molecular complexity index is 63.2. The molecule has 42 valence electrons. The Balaban J connectivity index is 3.00. The van der Waals surface area contributed by atoms with Gasteiger partial charge in [0.15, 0.2) is 0 Å². The largest absolute Gasteiger partial charge is 0.344 e. The molecule has 0 saturated heterocycles. The van der Waals surface area contributed by atoms with E-state index in [9.17, 15) is 4.79 Å². The molecule has 0 aliphatic carbocycles. The van der Waals surface area contributed by atoms with Crippen molar-refractivity contribution in [2.75, 3.05) is 0 Å². The van der Waals surface area contributed by atoms with Crippen LogP contribution in [0.15, 0.2) is 0 Å². The minimum Gasteiger partial charge on any atom is -0.280 e. The maximum Gasteiger partial charge on any atom is 0.344 e. The highest BCUT2D eigenvalue weighted by atomic mass is 35.5. The van der Waals surface area contributed by atoms with E-state index >= 15 is 0 Å². The van der Waals surface area contributed by atoms with Crippen LogP contribution < -0.4 is 0 Å². The maximum atomic E-state index is 9.98. The number of carbonyl (C=O) groups is 1. The topological polar surface area (TPSA) is 35.5 Å². The van der Waals surface area contributed by atoms with E-state index in [0.717, 1.165) is 0 Å². The summed E-state index contributed by atoms with van der Waals surface area (Å²) in [5.74, 6) is -0.477. The molecule has 0 bridgehead atoms. The van der Waals surface area contributed by atoms with E-state index in [1.807, 2.05) is 0 Å². The lowest BCUT2D eigenvalue weighted by Crippen LogP contribution is -1.97. The fraction of sp³-hybridized carbons (Fsp3) is 0.667. The molecule has 0 aromatic rings. The summed E-state index contributed by atoms with van der Waals surface area (Å²) >= 11 is 4.53. The van der Waals surface area contributed by atoms with Crippen molar-refractivity contribution in [3.05, 3.63) is 0 Å². The molecule has 0 fully saturated rings. The van der Waals surface area contributed by atoms with E-state index in [0.29, 0.717) is 0 Å². The second kappa shape index (κ2) is 3.89. The molecule has 0 radical (unpaired) electrons. The number of halogens is 1. The second-order valence-corrected chi connectivity index (χ2v) is 0.998. The van der Waals surface area contributed by atoms with Gasteiger partial charge < -0.3 is 0 Å². The highest BCUT2D eigenvalue weighted by Crippen LogP contribution is 1.86. The summed E-state index contributed by atoms with van der Waals surface area (Å²) in [4.78, 5) is 13.8. The van der Waals surface area contributed by atoms with Crippen molar-refractivity contribution in [1.82, 2.24) is 0 Å². The van der Waals surface area contributed by atoms with Gasteiger partial charge in [0.05, 0.1) is 0 Å². The maximum absolute atomic E-state index is 9.98. The molecule has 0 aromatic heterocycles. The third-order valence-corrected chi connectivity index (χ3v) is 0.476. The first kappa shape index (κ1) is 6.72. The third kappa shape index (κ3) is 3.55. The molecule has 0 aliphatic heterocycles. The highest BCUT2D eigenvalue weighted by molar-refractivity contribution is 6.07. The van der Waals surface area contributed by atoms with Crippen LogP contribution in [0.25, 0.3) is 0 Å². The van der Waals surface area contributed by atoms with E-state index in [2.05, 4.69) is 21.2 Å². The van der Waals surface area contributed by atoms with Gasteiger partial charge in [0.2, 0.25) is 0 Å². The van der Waals surface area contributed by atoms with Gasteiger partial charge >= 0.3 is 5.97 Å². The lowest BCUT2D eigenvalue weighted by molar-refractivity contribution is -0.211. The molecule has 0 saturated carbocycles. The van der Waals surface area contributed by atoms with Gasteiger partial charge in [-0.05, 0) is 0 Å². The van der Waals surface area contributed by atoms with Crippen LogP contribution in [0.1, 0.15) is 13.3 Å². The summed E-state index contributed by atoms with van der Waals surface area (Å²) in [6, 6.07) is 0. The van der Waals surface area contributed by atoms with Crippen LogP contribution in [0.4, 0.5) is 0 Å². The summed E-state index contributed by atoms with van der Waals surface area (Å²) < 4.78 is 3.52. The van der Waals surface area contributed by atoms with Gasteiger partial charge in [-0.1, -0.05) is 11.4 Å². The Hall–Kier alpha value is -0.280. The van der Waals surface area contributed by atoms with Crippen LogP contribution in [-0.4, -0.2) is 5.97 Å². The van der Waals surface area contributed by atoms with Crippen LogP contribution in [0.5, 0.6) is 0 Å². The zero-order valence-electron chi connectivity index (χ0n) is 3.81. The second-order valence-electron chi connectivity index (χ2n) is 0.872. The van der Waals surface area contributed by atoms with Gasteiger partial charge in [0.1, 0.15) is 11.9 Å². The van der Waals surface area contributed by atoms with Crippen molar-refractivity contribution in [2.24, 2.45) is 0 Å². The van der Waals surface area contributed by atoms with E-state index < -0.39 is 5.97 Å². The van der Waals surface area contributed by atoms with Crippen molar-refractivity contribution < 1.29 is 14.1 Å². The molecule has 0 heterocycles. The minimum atomic E-state index is -0.477. The highest BCUT2D eigenvalue weighted by Gasteiger charge is 1.94. The van der Waals surface area contributed by atoms with Crippen LogP contribution in [0.2, 0.25) is 0 Å². The molecule has 0 amide bonds. The summed E-state index contributed by atoms with van der Waals surface area (Å²) in [6.45, 7) is 1.64. The molecule has 4 heteroatoms.